The van der Waals surface area contributed by atoms with Gasteiger partial charge in [-0.2, -0.15) is 0 Å². The third kappa shape index (κ3) is 3.86. The lowest BCUT2D eigenvalue weighted by molar-refractivity contribution is -0.118. The number of amides is 1. The molecule has 0 spiro atoms. The van der Waals surface area contributed by atoms with Crippen molar-refractivity contribution in [1.29, 1.82) is 0 Å². The minimum atomic E-state index is -0.429. The van der Waals surface area contributed by atoms with Crippen molar-refractivity contribution in [2.45, 2.75) is 19.3 Å². The summed E-state index contributed by atoms with van der Waals surface area (Å²) in [6, 6.07) is 7.60. The van der Waals surface area contributed by atoms with Crippen molar-refractivity contribution in [3.05, 3.63) is 47.3 Å². The highest BCUT2D eigenvalue weighted by molar-refractivity contribution is 6.04. The van der Waals surface area contributed by atoms with Gasteiger partial charge < -0.3 is 19.5 Å². The topological polar surface area (TPSA) is 73.9 Å². The van der Waals surface area contributed by atoms with Crippen molar-refractivity contribution in [2.75, 3.05) is 26.1 Å². The number of anilines is 1. The largest absolute Gasteiger partial charge is 0.497 e. The summed E-state index contributed by atoms with van der Waals surface area (Å²) in [5.74, 6) is 0.0479. The Hall–Kier alpha value is -3.09. The number of rotatable bonds is 6. The number of halogens is 1. The fourth-order valence-corrected chi connectivity index (χ4v) is 3.17. The molecule has 1 N–H and O–H groups in total. The van der Waals surface area contributed by atoms with E-state index in [1.165, 1.54) is 26.4 Å². The van der Waals surface area contributed by atoms with Crippen LogP contribution in [0.5, 0.6) is 17.2 Å². The molecule has 0 bridgehead atoms. The fraction of sp³-hybridized carbons (Fsp3) is 0.300. The maximum Gasteiger partial charge on any atom is 0.262 e. The van der Waals surface area contributed by atoms with E-state index in [1.54, 1.807) is 25.1 Å². The predicted molar refractivity (Wildman–Crippen MR) is 97.4 cm³/mol. The molecule has 0 saturated heterocycles. The van der Waals surface area contributed by atoms with Gasteiger partial charge in [-0.3, -0.25) is 9.59 Å². The molecular weight excluding hydrogens is 353 g/mol. The molecule has 0 aromatic heterocycles. The molecule has 2 aromatic rings. The van der Waals surface area contributed by atoms with Crippen LogP contribution in [0.1, 0.15) is 35.2 Å². The monoisotopic (exact) mass is 373 g/mol. The molecule has 3 rings (SSSR count). The molecule has 27 heavy (non-hydrogen) atoms. The Morgan fingerprint density at radius 2 is 1.85 bits per heavy atom. The molecule has 1 aliphatic carbocycles. The second-order valence-corrected chi connectivity index (χ2v) is 6.30. The maximum absolute atomic E-state index is 14.0. The van der Waals surface area contributed by atoms with Crippen LogP contribution in [0.3, 0.4) is 0 Å². The van der Waals surface area contributed by atoms with Crippen LogP contribution in [0.25, 0.3) is 0 Å². The highest BCUT2D eigenvalue weighted by Crippen LogP contribution is 2.39. The zero-order chi connectivity index (χ0) is 19.6. The number of ether oxygens (including phenoxy) is 3. The van der Waals surface area contributed by atoms with Crippen molar-refractivity contribution in [1.82, 2.24) is 0 Å². The second-order valence-electron chi connectivity index (χ2n) is 6.30. The van der Waals surface area contributed by atoms with E-state index in [4.69, 9.17) is 14.2 Å². The molecule has 1 amide bonds. The van der Waals surface area contributed by atoms with Crippen LogP contribution >= 0.6 is 0 Å². The third-order valence-corrected chi connectivity index (χ3v) is 4.41. The lowest BCUT2D eigenvalue weighted by atomic mass is 10.0. The van der Waals surface area contributed by atoms with Crippen molar-refractivity contribution in [3.8, 4) is 17.2 Å². The van der Waals surface area contributed by atoms with E-state index in [1.807, 2.05) is 0 Å². The van der Waals surface area contributed by atoms with Gasteiger partial charge in [-0.15, -0.1) is 0 Å². The Balaban J connectivity index is 1.72. The van der Waals surface area contributed by atoms with Crippen LogP contribution in [0.2, 0.25) is 0 Å². The molecule has 6 nitrogen and oxygen atoms in total. The molecule has 0 radical (unpaired) electrons. The normalized spacial score (nSPS) is 15.3. The van der Waals surface area contributed by atoms with E-state index in [2.05, 4.69) is 5.32 Å². The summed E-state index contributed by atoms with van der Waals surface area (Å²) in [7, 11) is 3.02. The van der Waals surface area contributed by atoms with Gasteiger partial charge in [0.1, 0.15) is 23.1 Å². The van der Waals surface area contributed by atoms with E-state index in [0.29, 0.717) is 22.7 Å². The zero-order valence-electron chi connectivity index (χ0n) is 15.3. The Labute approximate surface area is 156 Å². The van der Waals surface area contributed by atoms with Gasteiger partial charge in [0.25, 0.3) is 5.91 Å². The minimum absolute atomic E-state index is 0.176. The predicted octanol–water partition coefficient (Wildman–Crippen LogP) is 3.55. The quantitative estimate of drug-likeness (QED) is 0.838. The number of hydrogen-bond donors (Lipinski definition) is 1. The molecule has 7 heteroatoms. The molecule has 2 aromatic carbocycles. The Morgan fingerprint density at radius 1 is 1.19 bits per heavy atom. The number of carbonyl (C=O) groups excluding carboxylic acids is 2. The highest BCUT2D eigenvalue weighted by atomic mass is 19.1. The van der Waals surface area contributed by atoms with Gasteiger partial charge in [0, 0.05) is 35.9 Å². The zero-order valence-corrected chi connectivity index (χ0v) is 15.3. The number of hydrogen-bond acceptors (Lipinski definition) is 5. The molecule has 142 valence electrons. The average Bonchev–Trinajstić information content (AvgIpc) is 2.96. The first-order valence-corrected chi connectivity index (χ1v) is 8.44. The first-order valence-electron chi connectivity index (χ1n) is 8.44. The minimum Gasteiger partial charge on any atom is -0.497 e. The van der Waals surface area contributed by atoms with Gasteiger partial charge in [0.05, 0.1) is 19.8 Å². The number of carbonyl (C=O) groups is 2. The molecule has 0 fully saturated rings. The van der Waals surface area contributed by atoms with Crippen molar-refractivity contribution in [2.24, 2.45) is 0 Å². The molecular formula is C20H20FNO5. The van der Waals surface area contributed by atoms with Crippen LogP contribution < -0.4 is 19.5 Å². The van der Waals surface area contributed by atoms with E-state index >= 15 is 0 Å². The van der Waals surface area contributed by atoms with Gasteiger partial charge >= 0.3 is 0 Å². The summed E-state index contributed by atoms with van der Waals surface area (Å²) < 4.78 is 29.8. The number of methoxy groups -OCH3 is 2. The summed E-state index contributed by atoms with van der Waals surface area (Å²) in [6.45, 7) is 1.47. The molecule has 1 aliphatic rings. The smallest absolute Gasteiger partial charge is 0.262 e. The lowest BCUT2D eigenvalue weighted by Crippen LogP contribution is -2.21. The van der Waals surface area contributed by atoms with Gasteiger partial charge in [-0.05, 0) is 18.1 Å². The number of Topliss-reactive ketones (excluding diaryl/α,β-unsaturated/α-hetero) is 1. The summed E-state index contributed by atoms with van der Waals surface area (Å²) in [5.41, 5.74) is 1.07. The van der Waals surface area contributed by atoms with E-state index in [0.717, 1.165) is 0 Å². The van der Waals surface area contributed by atoms with Crippen LogP contribution in [0, 0.1) is 5.82 Å². The second kappa shape index (κ2) is 7.65. The Bertz CT molecular complexity index is 874. The molecule has 1 unspecified atom stereocenters. The lowest BCUT2D eigenvalue weighted by Gasteiger charge is -2.13. The van der Waals surface area contributed by atoms with E-state index in [-0.39, 0.29) is 36.0 Å². The molecule has 0 saturated carbocycles. The van der Waals surface area contributed by atoms with E-state index in [9.17, 15) is 14.0 Å². The van der Waals surface area contributed by atoms with Crippen LogP contribution in [0.4, 0.5) is 10.1 Å². The Kier molecular flexibility index (Phi) is 5.30. The standard InChI is InChI=1S/C20H20FNO5/c1-11-6-16(23)20-17(5-4-15(21)19(11)20)27-10-18(24)22-12-7-13(25-2)9-14(8-12)26-3/h4-5,7-9,11H,6,10H2,1-3H3,(H,22,24). The molecule has 0 heterocycles. The van der Waals surface area contributed by atoms with Gasteiger partial charge in [-0.25, -0.2) is 4.39 Å². The summed E-state index contributed by atoms with van der Waals surface area (Å²) in [4.78, 5) is 24.4. The fourth-order valence-electron chi connectivity index (χ4n) is 3.17. The number of nitrogens with one attached hydrogen (secondary N) is 1. The average molecular weight is 373 g/mol. The summed E-state index contributed by atoms with van der Waals surface area (Å²) in [6.07, 6.45) is 0.239. The first kappa shape index (κ1) is 18.7. The van der Waals surface area contributed by atoms with Crippen LogP contribution in [-0.4, -0.2) is 32.5 Å². The first-order chi connectivity index (χ1) is 12.9. The summed E-state index contributed by atoms with van der Waals surface area (Å²) >= 11 is 0. The number of ketones is 1. The molecule has 1 atom stereocenters. The number of benzene rings is 2. The summed E-state index contributed by atoms with van der Waals surface area (Å²) in [5, 5.41) is 2.68. The SMILES string of the molecule is COc1cc(NC(=O)COc2ccc(F)c3c2C(=O)CC3C)cc(OC)c1. The maximum atomic E-state index is 14.0. The Morgan fingerprint density at radius 3 is 2.48 bits per heavy atom. The van der Waals surface area contributed by atoms with Crippen molar-refractivity contribution in [3.63, 3.8) is 0 Å². The van der Waals surface area contributed by atoms with Crippen LogP contribution in [0.15, 0.2) is 30.3 Å². The molecule has 0 aliphatic heterocycles. The van der Waals surface area contributed by atoms with Crippen LogP contribution in [-0.2, 0) is 4.79 Å². The van der Waals surface area contributed by atoms with Crippen molar-refractivity contribution < 1.29 is 28.2 Å². The van der Waals surface area contributed by atoms with Crippen molar-refractivity contribution >= 4 is 17.4 Å². The van der Waals surface area contributed by atoms with Gasteiger partial charge in [0.15, 0.2) is 12.4 Å². The number of fused-ring (bicyclic) bond motifs is 1. The van der Waals surface area contributed by atoms with E-state index < -0.39 is 11.7 Å². The van der Waals surface area contributed by atoms with Gasteiger partial charge in [0.2, 0.25) is 0 Å². The third-order valence-electron chi connectivity index (χ3n) is 4.41. The highest BCUT2D eigenvalue weighted by Gasteiger charge is 2.32. The van der Waals surface area contributed by atoms with Gasteiger partial charge in [-0.1, -0.05) is 6.92 Å².